The summed E-state index contributed by atoms with van der Waals surface area (Å²) in [5.74, 6) is 0.755. The number of carbonyl (C=O) groups excluding carboxylic acids is 1. The molecule has 0 spiro atoms. The van der Waals surface area contributed by atoms with Crippen LogP contribution in [0.15, 0.2) is 22.8 Å². The quantitative estimate of drug-likeness (QED) is 0.815. The Hall–Kier alpha value is -1.37. The Morgan fingerprint density at radius 3 is 3.10 bits per heavy atom. The van der Waals surface area contributed by atoms with E-state index in [1.807, 2.05) is 19.1 Å². The number of carbonyl (C=O) groups is 1. The number of piperidine rings is 1. The lowest BCUT2D eigenvalue weighted by molar-refractivity contribution is -0.124. The largest absolute Gasteiger partial charge is 0.467 e. The van der Waals surface area contributed by atoms with Gasteiger partial charge in [0.2, 0.25) is 5.91 Å². The maximum Gasteiger partial charge on any atom is 0.234 e. The first-order valence-electron chi connectivity index (χ1n) is 7.43. The number of nitrogens with one attached hydrogen (secondary N) is 1. The van der Waals surface area contributed by atoms with E-state index in [1.165, 1.54) is 0 Å². The molecule has 3 unspecified atom stereocenters. The van der Waals surface area contributed by atoms with Crippen LogP contribution in [-0.2, 0) is 9.53 Å². The van der Waals surface area contributed by atoms with Crippen LogP contribution < -0.4 is 11.1 Å². The van der Waals surface area contributed by atoms with Crippen LogP contribution in [0.4, 0.5) is 0 Å². The summed E-state index contributed by atoms with van der Waals surface area (Å²) in [7, 11) is 1.73. The van der Waals surface area contributed by atoms with Crippen LogP contribution in [0.3, 0.4) is 0 Å². The Morgan fingerprint density at radius 2 is 2.48 bits per heavy atom. The van der Waals surface area contributed by atoms with Crippen molar-refractivity contribution in [3.63, 3.8) is 0 Å². The lowest BCUT2D eigenvalue weighted by Crippen LogP contribution is -2.51. The van der Waals surface area contributed by atoms with Crippen molar-refractivity contribution < 1.29 is 13.9 Å². The van der Waals surface area contributed by atoms with Crippen LogP contribution in [0.5, 0.6) is 0 Å². The van der Waals surface area contributed by atoms with E-state index in [0.29, 0.717) is 13.1 Å². The number of amides is 1. The Bertz CT molecular complexity index is 435. The summed E-state index contributed by atoms with van der Waals surface area (Å²) in [4.78, 5) is 14.3. The lowest BCUT2D eigenvalue weighted by Gasteiger charge is -2.38. The van der Waals surface area contributed by atoms with Crippen molar-refractivity contribution in [2.45, 2.75) is 38.0 Å². The van der Waals surface area contributed by atoms with E-state index in [2.05, 4.69) is 10.2 Å². The van der Waals surface area contributed by atoms with Gasteiger partial charge in [-0.15, -0.1) is 0 Å². The standard InChI is InChI=1S/C15H25N3O3/c1-11(14-4-3-7-21-14)17-15(19)10-18-6-5-13(20-2)8-12(18)9-16/h3-4,7,11-13H,5-6,8-10,16H2,1-2H3,(H,17,19). The van der Waals surface area contributed by atoms with Gasteiger partial charge in [-0.3, -0.25) is 9.69 Å². The molecule has 1 fully saturated rings. The van der Waals surface area contributed by atoms with Gasteiger partial charge in [0.25, 0.3) is 0 Å². The average molecular weight is 295 g/mol. The second-order valence-electron chi connectivity index (χ2n) is 5.55. The molecular weight excluding hydrogens is 270 g/mol. The highest BCUT2D eigenvalue weighted by molar-refractivity contribution is 5.78. The van der Waals surface area contributed by atoms with Crippen LogP contribution in [0.25, 0.3) is 0 Å². The van der Waals surface area contributed by atoms with Crippen LogP contribution in [-0.4, -0.2) is 49.7 Å². The number of furan rings is 1. The zero-order chi connectivity index (χ0) is 15.2. The number of methoxy groups -OCH3 is 1. The van der Waals surface area contributed by atoms with Gasteiger partial charge in [0.05, 0.1) is 25.0 Å². The molecule has 0 saturated carbocycles. The van der Waals surface area contributed by atoms with E-state index in [4.69, 9.17) is 14.9 Å². The first-order chi connectivity index (χ1) is 10.1. The second kappa shape index (κ2) is 7.59. The maximum atomic E-state index is 12.2. The van der Waals surface area contributed by atoms with E-state index in [1.54, 1.807) is 13.4 Å². The maximum absolute atomic E-state index is 12.2. The number of ether oxygens (including phenoxy) is 1. The Labute approximate surface area is 125 Å². The van der Waals surface area contributed by atoms with Gasteiger partial charge in [0, 0.05) is 26.2 Å². The summed E-state index contributed by atoms with van der Waals surface area (Å²) in [5.41, 5.74) is 5.82. The smallest absolute Gasteiger partial charge is 0.234 e. The summed E-state index contributed by atoms with van der Waals surface area (Å²) < 4.78 is 10.7. The van der Waals surface area contributed by atoms with Crippen LogP contribution >= 0.6 is 0 Å². The lowest BCUT2D eigenvalue weighted by atomic mass is 9.99. The summed E-state index contributed by atoms with van der Waals surface area (Å²) in [6, 6.07) is 3.75. The van der Waals surface area contributed by atoms with Crippen molar-refractivity contribution in [1.29, 1.82) is 0 Å². The van der Waals surface area contributed by atoms with E-state index in [0.717, 1.165) is 25.1 Å². The van der Waals surface area contributed by atoms with Crippen molar-refractivity contribution in [3.8, 4) is 0 Å². The van der Waals surface area contributed by atoms with Crippen molar-refractivity contribution in [3.05, 3.63) is 24.2 Å². The molecule has 0 aromatic carbocycles. The molecule has 1 aliphatic heterocycles. The summed E-state index contributed by atoms with van der Waals surface area (Å²) in [6.07, 6.45) is 3.68. The molecular formula is C15H25N3O3. The highest BCUT2D eigenvalue weighted by atomic mass is 16.5. The summed E-state index contributed by atoms with van der Waals surface area (Å²) >= 11 is 0. The van der Waals surface area contributed by atoms with Crippen LogP contribution in [0.1, 0.15) is 31.6 Å². The van der Waals surface area contributed by atoms with Gasteiger partial charge in [0.15, 0.2) is 0 Å². The normalized spacial score (nSPS) is 24.7. The molecule has 2 heterocycles. The molecule has 0 radical (unpaired) electrons. The number of rotatable bonds is 6. The monoisotopic (exact) mass is 295 g/mol. The Kier molecular flexibility index (Phi) is 5.78. The second-order valence-corrected chi connectivity index (χ2v) is 5.55. The molecule has 21 heavy (non-hydrogen) atoms. The number of likely N-dealkylation sites (tertiary alicyclic amines) is 1. The van der Waals surface area contributed by atoms with Crippen LogP contribution in [0, 0.1) is 0 Å². The van der Waals surface area contributed by atoms with E-state index in [-0.39, 0.29) is 24.1 Å². The third kappa shape index (κ3) is 4.30. The first kappa shape index (κ1) is 16.0. The van der Waals surface area contributed by atoms with Gasteiger partial charge in [0.1, 0.15) is 5.76 Å². The molecule has 6 heteroatoms. The Balaban J connectivity index is 1.84. The summed E-state index contributed by atoms with van der Waals surface area (Å²) in [6.45, 7) is 3.65. The van der Waals surface area contributed by atoms with Crippen molar-refractivity contribution in [2.75, 3.05) is 26.7 Å². The van der Waals surface area contributed by atoms with Gasteiger partial charge in [-0.1, -0.05) is 0 Å². The molecule has 3 atom stereocenters. The molecule has 118 valence electrons. The number of hydrogen-bond donors (Lipinski definition) is 2. The highest BCUT2D eigenvalue weighted by Gasteiger charge is 2.29. The van der Waals surface area contributed by atoms with Crippen molar-refractivity contribution in [2.24, 2.45) is 5.73 Å². The molecule has 3 N–H and O–H groups in total. The predicted molar refractivity (Wildman–Crippen MR) is 79.7 cm³/mol. The third-order valence-corrected chi connectivity index (χ3v) is 4.09. The highest BCUT2D eigenvalue weighted by Crippen LogP contribution is 2.19. The van der Waals surface area contributed by atoms with Crippen LogP contribution in [0.2, 0.25) is 0 Å². The molecule has 1 aromatic rings. The fraction of sp³-hybridized carbons (Fsp3) is 0.667. The van der Waals surface area contributed by atoms with Gasteiger partial charge in [-0.25, -0.2) is 0 Å². The van der Waals surface area contributed by atoms with Gasteiger partial charge in [-0.05, 0) is 31.9 Å². The van der Waals surface area contributed by atoms with E-state index >= 15 is 0 Å². The molecule has 2 rings (SSSR count). The third-order valence-electron chi connectivity index (χ3n) is 4.09. The fourth-order valence-electron chi connectivity index (χ4n) is 2.81. The molecule has 1 amide bonds. The minimum atomic E-state index is -0.125. The first-order valence-corrected chi connectivity index (χ1v) is 7.43. The topological polar surface area (TPSA) is 80.7 Å². The van der Waals surface area contributed by atoms with Crippen molar-refractivity contribution in [1.82, 2.24) is 10.2 Å². The van der Waals surface area contributed by atoms with E-state index in [9.17, 15) is 4.79 Å². The molecule has 1 aromatic heterocycles. The molecule has 0 bridgehead atoms. The Morgan fingerprint density at radius 1 is 1.67 bits per heavy atom. The minimum absolute atomic E-state index is 0.00628. The number of nitrogens with zero attached hydrogens (tertiary/aromatic N) is 1. The molecule has 0 aliphatic carbocycles. The average Bonchev–Trinajstić information content (AvgIpc) is 3.01. The minimum Gasteiger partial charge on any atom is -0.467 e. The SMILES string of the molecule is COC1CCN(CC(=O)NC(C)c2ccco2)C(CN)C1. The molecule has 6 nitrogen and oxygen atoms in total. The van der Waals surface area contributed by atoms with Gasteiger partial charge in [-0.2, -0.15) is 0 Å². The van der Waals surface area contributed by atoms with E-state index < -0.39 is 0 Å². The number of hydrogen-bond acceptors (Lipinski definition) is 5. The predicted octanol–water partition coefficient (Wildman–Crippen LogP) is 0.895. The summed E-state index contributed by atoms with van der Waals surface area (Å²) in [5, 5.41) is 2.95. The fourth-order valence-corrected chi connectivity index (χ4v) is 2.81. The number of nitrogens with two attached hydrogens (primary N) is 1. The zero-order valence-corrected chi connectivity index (χ0v) is 12.7. The zero-order valence-electron chi connectivity index (χ0n) is 12.7. The molecule has 1 aliphatic rings. The molecule has 1 saturated heterocycles. The van der Waals surface area contributed by atoms with Gasteiger partial charge < -0.3 is 20.2 Å². The van der Waals surface area contributed by atoms with Crippen molar-refractivity contribution >= 4 is 5.91 Å². The van der Waals surface area contributed by atoms with Gasteiger partial charge >= 0.3 is 0 Å².